The average molecular weight is 455 g/mol. The molecular formula is C24H30N4O5+2. The molecule has 9 heteroatoms. The van der Waals surface area contributed by atoms with E-state index in [4.69, 9.17) is 14.9 Å². The summed E-state index contributed by atoms with van der Waals surface area (Å²) < 4.78 is 11.3. The smallest absolute Gasteiger partial charge is 0.417 e. The second-order valence-corrected chi connectivity index (χ2v) is 8.25. The average Bonchev–Trinajstić information content (AvgIpc) is 2.78. The Labute approximate surface area is 192 Å². The number of aliphatic hydroxyl groups is 1. The van der Waals surface area contributed by atoms with Crippen LogP contribution in [0, 0.1) is 17.4 Å². The summed E-state index contributed by atoms with van der Waals surface area (Å²) in [5, 5.41) is 31.3. The first-order valence-electron chi connectivity index (χ1n) is 10.9. The van der Waals surface area contributed by atoms with Gasteiger partial charge in [0.1, 0.15) is 5.76 Å². The number of methoxy groups -OCH3 is 1. The number of ether oxygens (including phenoxy) is 2. The Kier molecular flexibility index (Phi) is 7.51. The number of amides is 1. The van der Waals surface area contributed by atoms with Gasteiger partial charge in [-0.2, -0.15) is 0 Å². The molecule has 1 saturated carbocycles. The maximum atomic E-state index is 12.8. The van der Waals surface area contributed by atoms with Gasteiger partial charge < -0.3 is 19.9 Å². The molecule has 0 unspecified atom stereocenters. The molecule has 1 aromatic rings. The van der Waals surface area contributed by atoms with Crippen molar-refractivity contribution < 1.29 is 29.3 Å². The highest BCUT2D eigenvalue weighted by Gasteiger charge is 2.30. The lowest BCUT2D eigenvalue weighted by atomic mass is 9.81. The van der Waals surface area contributed by atoms with E-state index in [9.17, 15) is 15.1 Å². The van der Waals surface area contributed by atoms with Crippen molar-refractivity contribution in [3.63, 3.8) is 0 Å². The Hall–Kier alpha value is -3.64. The molecule has 1 fully saturated rings. The van der Waals surface area contributed by atoms with Crippen LogP contribution < -0.4 is 14.8 Å². The second-order valence-electron chi connectivity index (χ2n) is 8.25. The molecular weight excluding hydrogens is 424 g/mol. The second kappa shape index (κ2) is 10.3. The third-order valence-electron chi connectivity index (χ3n) is 5.59. The highest BCUT2D eigenvalue weighted by Crippen LogP contribution is 2.31. The van der Waals surface area contributed by atoms with Gasteiger partial charge in [0.25, 0.3) is 6.07 Å². The third kappa shape index (κ3) is 5.99. The number of pyridine rings is 1. The SMILES string of the molecule is CCOC1=CC(=N)/C(=C\[N+]#CC2CCC(C)(O)CC2)C=C1NC(=O)c1cccc(OC)[n+]1O. The Morgan fingerprint density at radius 1 is 1.39 bits per heavy atom. The standard InChI is InChI=1S/C24H29N4O5/c1-4-33-21-13-18(25)17(15-26-14-16-8-10-24(2,30)11-9-16)12-19(21)27-23(29)20-6-5-7-22(32-3)28(20)31/h5-7,12-13,15-16,25,30H,4,8-11H2,1-3H3,(H-,27,29,31)/q+1/p+1/b17-15-,25-18?. The number of allylic oxidation sites excluding steroid dienone is 3. The van der Waals surface area contributed by atoms with Crippen LogP contribution in [0.1, 0.15) is 50.0 Å². The van der Waals surface area contributed by atoms with Crippen molar-refractivity contribution in [3.8, 4) is 11.9 Å². The Morgan fingerprint density at radius 3 is 2.79 bits per heavy atom. The molecule has 1 amide bonds. The van der Waals surface area contributed by atoms with E-state index in [0.29, 0.717) is 41.2 Å². The van der Waals surface area contributed by atoms with Crippen LogP contribution in [0.2, 0.25) is 0 Å². The first kappa shape index (κ1) is 24.0. The quantitative estimate of drug-likeness (QED) is 0.403. The summed E-state index contributed by atoms with van der Waals surface area (Å²) in [5.74, 6) is 0.0242. The van der Waals surface area contributed by atoms with Crippen molar-refractivity contribution in [1.29, 1.82) is 5.41 Å². The molecule has 1 aromatic heterocycles. The minimum Gasteiger partial charge on any atom is -0.492 e. The first-order valence-corrected chi connectivity index (χ1v) is 10.9. The summed E-state index contributed by atoms with van der Waals surface area (Å²) in [6.45, 7) is 4.00. The van der Waals surface area contributed by atoms with Crippen molar-refractivity contribution in [3.05, 3.63) is 64.1 Å². The van der Waals surface area contributed by atoms with Gasteiger partial charge in [-0.25, -0.2) is 0 Å². The Bertz CT molecular complexity index is 1080. The zero-order valence-corrected chi connectivity index (χ0v) is 19.1. The van der Waals surface area contributed by atoms with Crippen molar-refractivity contribution in [2.24, 2.45) is 5.92 Å². The van der Waals surface area contributed by atoms with Crippen molar-refractivity contribution >= 4 is 11.6 Å². The van der Waals surface area contributed by atoms with Gasteiger partial charge in [0.05, 0.1) is 53.0 Å². The number of carbonyl (C=O) groups excluding carboxylic acids is 1. The van der Waals surface area contributed by atoms with Gasteiger partial charge in [-0.05, 0) is 56.5 Å². The summed E-state index contributed by atoms with van der Waals surface area (Å²) in [6, 6.07) is 7.65. The van der Waals surface area contributed by atoms with Gasteiger partial charge in [0, 0.05) is 12.1 Å². The molecule has 33 heavy (non-hydrogen) atoms. The molecule has 0 radical (unpaired) electrons. The van der Waals surface area contributed by atoms with Gasteiger partial charge in [0.15, 0.2) is 0 Å². The highest BCUT2D eigenvalue weighted by molar-refractivity contribution is 6.10. The monoisotopic (exact) mass is 454 g/mol. The van der Waals surface area contributed by atoms with Crippen LogP contribution in [-0.2, 0) is 4.74 Å². The third-order valence-corrected chi connectivity index (χ3v) is 5.59. The van der Waals surface area contributed by atoms with Crippen LogP contribution in [0.5, 0.6) is 5.88 Å². The Balaban J connectivity index is 1.81. The fourth-order valence-corrected chi connectivity index (χ4v) is 3.65. The van der Waals surface area contributed by atoms with E-state index in [1.54, 1.807) is 19.1 Å². The van der Waals surface area contributed by atoms with Gasteiger partial charge in [-0.1, -0.05) is 0 Å². The van der Waals surface area contributed by atoms with Gasteiger partial charge in [0.2, 0.25) is 0 Å². The van der Waals surface area contributed by atoms with Gasteiger partial charge in [-0.3, -0.25) is 15.4 Å². The molecule has 0 saturated heterocycles. The molecule has 0 spiro atoms. The van der Waals surface area contributed by atoms with E-state index in [0.717, 1.165) is 12.8 Å². The van der Waals surface area contributed by atoms with Crippen molar-refractivity contribution in [1.82, 2.24) is 5.32 Å². The normalized spacial score (nSPS) is 23.7. The van der Waals surface area contributed by atoms with Gasteiger partial charge in [-0.15, -0.1) is 0 Å². The highest BCUT2D eigenvalue weighted by atomic mass is 16.5. The summed E-state index contributed by atoms with van der Waals surface area (Å²) in [4.78, 5) is 17.1. The predicted molar refractivity (Wildman–Crippen MR) is 121 cm³/mol. The van der Waals surface area contributed by atoms with E-state index in [-0.39, 0.29) is 23.2 Å². The lowest BCUT2D eigenvalue weighted by Gasteiger charge is -2.28. The topological polar surface area (TPSA) is 120 Å². The predicted octanol–water partition coefficient (Wildman–Crippen LogP) is 2.95. The lowest BCUT2D eigenvalue weighted by Crippen LogP contribution is -2.43. The number of hydrogen-bond donors (Lipinski definition) is 4. The molecule has 1 heterocycles. The number of nitrogens with one attached hydrogen (secondary N) is 2. The number of aromatic nitrogens is 1. The van der Waals surface area contributed by atoms with Crippen LogP contribution in [0.25, 0.3) is 4.85 Å². The molecule has 4 N–H and O–H groups in total. The van der Waals surface area contributed by atoms with E-state index in [1.807, 2.05) is 6.92 Å². The van der Waals surface area contributed by atoms with Crippen molar-refractivity contribution in [2.45, 2.75) is 45.1 Å². The molecule has 0 aromatic carbocycles. The molecule has 174 valence electrons. The summed E-state index contributed by atoms with van der Waals surface area (Å²) in [6.07, 6.45) is 7.67. The first-order chi connectivity index (χ1) is 15.7. The lowest BCUT2D eigenvalue weighted by molar-refractivity contribution is -0.907. The van der Waals surface area contributed by atoms with Crippen LogP contribution in [-0.4, -0.2) is 41.3 Å². The molecule has 9 nitrogen and oxygen atoms in total. The van der Waals surface area contributed by atoms with Crippen LogP contribution >= 0.6 is 0 Å². The van der Waals surface area contributed by atoms with Crippen molar-refractivity contribution in [2.75, 3.05) is 13.7 Å². The van der Waals surface area contributed by atoms with E-state index >= 15 is 0 Å². The zero-order chi connectivity index (χ0) is 24.0. The maximum absolute atomic E-state index is 12.8. The van der Waals surface area contributed by atoms with Gasteiger partial charge >= 0.3 is 23.7 Å². The van der Waals surface area contributed by atoms with E-state index in [1.165, 1.54) is 31.5 Å². The van der Waals surface area contributed by atoms with E-state index in [2.05, 4.69) is 16.2 Å². The molecule has 3 rings (SSSR count). The maximum Gasteiger partial charge on any atom is 0.417 e. The van der Waals surface area contributed by atoms with E-state index < -0.39 is 11.5 Å². The zero-order valence-electron chi connectivity index (χ0n) is 19.1. The fraction of sp³-hybridized carbons (Fsp3) is 0.417. The molecule has 0 bridgehead atoms. The summed E-state index contributed by atoms with van der Waals surface area (Å²) >= 11 is 0. The molecule has 2 aliphatic carbocycles. The minimum atomic E-state index is -0.617. The minimum absolute atomic E-state index is 0.0307. The van der Waals surface area contributed by atoms with Crippen LogP contribution in [0.15, 0.2) is 53.6 Å². The number of hydrogen-bond acceptors (Lipinski definition) is 6. The number of nitrogens with zero attached hydrogens (tertiary/aromatic N) is 2. The van der Waals surface area contributed by atoms with Crippen LogP contribution in [0.3, 0.4) is 0 Å². The molecule has 2 aliphatic rings. The largest absolute Gasteiger partial charge is 0.492 e. The number of rotatable bonds is 5. The van der Waals surface area contributed by atoms with Crippen LogP contribution in [0.4, 0.5) is 0 Å². The molecule has 0 aliphatic heterocycles. The number of carbonyl (C=O) groups is 1. The fourth-order valence-electron chi connectivity index (χ4n) is 3.65. The Morgan fingerprint density at radius 2 is 2.12 bits per heavy atom. The summed E-state index contributed by atoms with van der Waals surface area (Å²) in [5.41, 5.74) is 0.361. The summed E-state index contributed by atoms with van der Waals surface area (Å²) in [7, 11) is 1.39. The molecule has 0 atom stereocenters.